The lowest BCUT2D eigenvalue weighted by Crippen LogP contribution is -2.47. The highest BCUT2D eigenvalue weighted by atomic mass is 32.1. The average Bonchev–Trinajstić information content (AvgIpc) is 2.89. The van der Waals surface area contributed by atoms with Crippen LogP contribution in [0.5, 0.6) is 0 Å². The van der Waals surface area contributed by atoms with Crippen molar-refractivity contribution in [1.29, 1.82) is 0 Å². The van der Waals surface area contributed by atoms with E-state index in [0.717, 1.165) is 19.0 Å². The Morgan fingerprint density at radius 3 is 2.90 bits per heavy atom. The zero-order chi connectivity index (χ0) is 15.3. The van der Waals surface area contributed by atoms with Crippen LogP contribution in [-0.4, -0.2) is 31.1 Å². The molecule has 1 aromatic rings. The molecule has 1 fully saturated rings. The van der Waals surface area contributed by atoms with Gasteiger partial charge in [0.1, 0.15) is 0 Å². The smallest absolute Gasteiger partial charge is 0.0324 e. The Morgan fingerprint density at radius 1 is 1.43 bits per heavy atom. The Labute approximate surface area is 134 Å². The summed E-state index contributed by atoms with van der Waals surface area (Å²) in [5.74, 6) is 0.783. The van der Waals surface area contributed by atoms with E-state index in [-0.39, 0.29) is 0 Å². The van der Waals surface area contributed by atoms with E-state index < -0.39 is 0 Å². The quantitative estimate of drug-likeness (QED) is 0.804. The number of nitrogens with one attached hydrogen (secondary N) is 1. The molecule has 0 radical (unpaired) electrons. The molecule has 1 N–H and O–H groups in total. The lowest BCUT2D eigenvalue weighted by atomic mass is 9.69. The fourth-order valence-corrected chi connectivity index (χ4v) is 4.44. The van der Waals surface area contributed by atoms with Crippen LogP contribution in [0.3, 0.4) is 0 Å². The van der Waals surface area contributed by atoms with Crippen molar-refractivity contribution >= 4 is 11.3 Å². The summed E-state index contributed by atoms with van der Waals surface area (Å²) in [5, 5.41) is 5.98. The molecule has 3 heteroatoms. The van der Waals surface area contributed by atoms with Gasteiger partial charge in [-0.1, -0.05) is 26.8 Å². The Balaban J connectivity index is 1.91. The summed E-state index contributed by atoms with van der Waals surface area (Å²) < 4.78 is 0. The van der Waals surface area contributed by atoms with Crippen LogP contribution in [0.15, 0.2) is 17.5 Å². The van der Waals surface area contributed by atoms with Crippen LogP contribution >= 0.6 is 11.3 Å². The average molecular weight is 309 g/mol. The maximum absolute atomic E-state index is 3.80. The third kappa shape index (κ3) is 5.39. The van der Waals surface area contributed by atoms with E-state index in [2.05, 4.69) is 55.5 Å². The molecule has 1 saturated carbocycles. The molecule has 2 atom stereocenters. The topological polar surface area (TPSA) is 15.3 Å². The van der Waals surface area contributed by atoms with Crippen molar-refractivity contribution in [3.8, 4) is 0 Å². The largest absolute Gasteiger partial charge is 0.314 e. The van der Waals surface area contributed by atoms with Gasteiger partial charge in [-0.25, -0.2) is 0 Å². The van der Waals surface area contributed by atoms with Crippen molar-refractivity contribution in [3.05, 3.63) is 22.4 Å². The summed E-state index contributed by atoms with van der Waals surface area (Å²) in [6.45, 7) is 10.6. The van der Waals surface area contributed by atoms with Crippen molar-refractivity contribution in [3.63, 3.8) is 0 Å². The van der Waals surface area contributed by atoms with Crippen LogP contribution < -0.4 is 5.32 Å². The van der Waals surface area contributed by atoms with Crippen LogP contribution in [0.4, 0.5) is 0 Å². The van der Waals surface area contributed by atoms with Gasteiger partial charge in [-0.15, -0.1) is 11.3 Å². The van der Waals surface area contributed by atoms with Gasteiger partial charge in [-0.05, 0) is 62.1 Å². The van der Waals surface area contributed by atoms with Gasteiger partial charge in [0.15, 0.2) is 0 Å². The molecule has 120 valence electrons. The standard InChI is InChI=1S/C18H32N2S/c1-5-10-19-17-8-9-18(2,3)12-15(17)13-20(4)14-16-7-6-11-21-16/h6-7,11,15,17,19H,5,8-10,12-14H2,1-4H3. The van der Waals surface area contributed by atoms with Crippen molar-refractivity contribution in [2.45, 2.75) is 59.0 Å². The summed E-state index contributed by atoms with van der Waals surface area (Å²) in [6, 6.07) is 5.12. The number of hydrogen-bond donors (Lipinski definition) is 1. The van der Waals surface area contributed by atoms with Gasteiger partial charge in [-0.3, -0.25) is 0 Å². The van der Waals surface area contributed by atoms with Crippen LogP contribution in [0.25, 0.3) is 0 Å². The first kappa shape index (κ1) is 17.0. The second-order valence-corrected chi connectivity index (χ2v) is 8.54. The minimum absolute atomic E-state index is 0.513. The lowest BCUT2D eigenvalue weighted by molar-refractivity contribution is 0.107. The number of nitrogens with zero attached hydrogens (tertiary/aromatic N) is 1. The first-order chi connectivity index (χ1) is 10.00. The van der Waals surface area contributed by atoms with Gasteiger partial charge in [0, 0.05) is 24.0 Å². The number of thiophene rings is 1. The Bertz CT molecular complexity index is 399. The summed E-state index contributed by atoms with van der Waals surface area (Å²) in [6.07, 6.45) is 5.28. The van der Waals surface area contributed by atoms with Gasteiger partial charge in [0.2, 0.25) is 0 Å². The van der Waals surface area contributed by atoms with Gasteiger partial charge >= 0.3 is 0 Å². The molecular weight excluding hydrogens is 276 g/mol. The monoisotopic (exact) mass is 308 g/mol. The zero-order valence-electron chi connectivity index (χ0n) is 14.2. The molecule has 2 nitrogen and oxygen atoms in total. The minimum atomic E-state index is 0.513. The first-order valence-corrected chi connectivity index (χ1v) is 9.32. The number of rotatable bonds is 7. The Morgan fingerprint density at radius 2 is 2.24 bits per heavy atom. The van der Waals surface area contributed by atoms with Crippen molar-refractivity contribution < 1.29 is 0 Å². The summed E-state index contributed by atoms with van der Waals surface area (Å²) in [5.41, 5.74) is 0.513. The van der Waals surface area contributed by atoms with Crippen molar-refractivity contribution in [2.24, 2.45) is 11.3 Å². The summed E-state index contributed by atoms with van der Waals surface area (Å²) >= 11 is 1.87. The molecule has 2 rings (SSSR count). The van der Waals surface area contributed by atoms with E-state index in [9.17, 15) is 0 Å². The third-order valence-corrected chi connectivity index (χ3v) is 5.59. The molecule has 21 heavy (non-hydrogen) atoms. The second kappa shape index (κ2) is 7.75. The van der Waals surface area contributed by atoms with E-state index in [1.54, 1.807) is 0 Å². The highest BCUT2D eigenvalue weighted by Crippen LogP contribution is 2.39. The zero-order valence-corrected chi connectivity index (χ0v) is 15.0. The molecular formula is C18H32N2S. The number of hydrogen-bond acceptors (Lipinski definition) is 3. The lowest BCUT2D eigenvalue weighted by Gasteiger charge is -2.42. The molecule has 2 unspecified atom stereocenters. The van der Waals surface area contributed by atoms with Gasteiger partial charge < -0.3 is 10.2 Å². The fraction of sp³-hybridized carbons (Fsp3) is 0.778. The van der Waals surface area contributed by atoms with Gasteiger partial charge in [0.25, 0.3) is 0 Å². The maximum atomic E-state index is 3.80. The summed E-state index contributed by atoms with van der Waals surface area (Å²) in [4.78, 5) is 3.99. The highest BCUT2D eigenvalue weighted by molar-refractivity contribution is 7.09. The normalized spacial score (nSPS) is 25.4. The molecule has 1 aliphatic carbocycles. The molecule has 0 saturated heterocycles. The second-order valence-electron chi connectivity index (χ2n) is 7.50. The van der Waals surface area contributed by atoms with Crippen LogP contribution in [0.1, 0.15) is 51.3 Å². The predicted molar refractivity (Wildman–Crippen MR) is 93.9 cm³/mol. The van der Waals surface area contributed by atoms with E-state index in [1.165, 1.54) is 37.1 Å². The van der Waals surface area contributed by atoms with Crippen LogP contribution in [0, 0.1) is 11.3 Å². The molecule has 0 amide bonds. The van der Waals surface area contributed by atoms with Gasteiger partial charge in [-0.2, -0.15) is 0 Å². The van der Waals surface area contributed by atoms with Crippen molar-refractivity contribution in [2.75, 3.05) is 20.1 Å². The molecule has 1 heterocycles. The van der Waals surface area contributed by atoms with Crippen molar-refractivity contribution in [1.82, 2.24) is 10.2 Å². The molecule has 0 spiro atoms. The van der Waals surface area contributed by atoms with Crippen LogP contribution in [-0.2, 0) is 6.54 Å². The van der Waals surface area contributed by atoms with E-state index in [1.807, 2.05) is 11.3 Å². The van der Waals surface area contributed by atoms with E-state index in [0.29, 0.717) is 11.5 Å². The molecule has 1 aromatic heterocycles. The fourth-order valence-electron chi connectivity index (χ4n) is 3.66. The summed E-state index contributed by atoms with van der Waals surface area (Å²) in [7, 11) is 2.28. The first-order valence-electron chi connectivity index (χ1n) is 8.44. The van der Waals surface area contributed by atoms with Crippen LogP contribution in [0.2, 0.25) is 0 Å². The molecule has 0 aromatic carbocycles. The molecule has 0 aliphatic heterocycles. The molecule has 1 aliphatic rings. The molecule has 0 bridgehead atoms. The Hall–Kier alpha value is -0.380. The SMILES string of the molecule is CCCNC1CCC(C)(C)CC1CN(C)Cc1cccs1. The third-order valence-electron chi connectivity index (χ3n) is 4.72. The van der Waals surface area contributed by atoms with E-state index >= 15 is 0 Å². The maximum Gasteiger partial charge on any atom is 0.0324 e. The highest BCUT2D eigenvalue weighted by Gasteiger charge is 2.34. The Kier molecular flexibility index (Phi) is 6.27. The predicted octanol–water partition coefficient (Wildman–Crippen LogP) is 4.37. The van der Waals surface area contributed by atoms with E-state index in [4.69, 9.17) is 0 Å². The minimum Gasteiger partial charge on any atom is -0.314 e. The van der Waals surface area contributed by atoms with Gasteiger partial charge in [0.05, 0.1) is 0 Å².